The average molecular weight is 1070 g/mol. The summed E-state index contributed by atoms with van der Waals surface area (Å²) < 4.78 is 34.6. The van der Waals surface area contributed by atoms with Crippen molar-refractivity contribution < 1.29 is 42.1 Å². The zero-order valence-corrected chi connectivity index (χ0v) is 49.9. The van der Waals surface area contributed by atoms with E-state index in [0.717, 1.165) is 103 Å². The van der Waals surface area contributed by atoms with E-state index in [4.69, 9.17) is 18.5 Å². The Hall–Kier alpha value is -3.07. The third kappa shape index (κ3) is 60.0. The summed E-state index contributed by atoms with van der Waals surface area (Å²) in [5.74, 6) is -0.805. The van der Waals surface area contributed by atoms with Crippen LogP contribution in [0.15, 0.2) is 97.2 Å². The Bertz CT molecular complexity index is 1590. The molecule has 9 nitrogen and oxygen atoms in total. The summed E-state index contributed by atoms with van der Waals surface area (Å²) in [5, 5.41) is 0. The second-order valence-corrected chi connectivity index (χ2v) is 22.8. The lowest BCUT2D eigenvalue weighted by atomic mass is 10.0. The molecule has 10 heteroatoms. The maximum Gasteiger partial charge on any atom is 0.472 e. The Morgan fingerprint density at radius 3 is 1.15 bits per heavy atom. The molecule has 0 aliphatic heterocycles. The number of nitrogens with zero attached hydrogens (tertiary/aromatic N) is 1. The van der Waals surface area contributed by atoms with E-state index < -0.39 is 26.5 Å². The maximum absolute atomic E-state index is 12.8. The SMILES string of the molecule is CC/C=C\C/C=C\C/C=C\C/C=C\C/C=C\C/C=C\C/C=C\CCCCCCCCCCCCCC(=O)OC(COC(=O)CCCCCCCCC/C=C\CCCCCCCCC)COP(=O)(O)OCC[N+](C)(C)C. The molecule has 2 unspecified atom stereocenters. The minimum atomic E-state index is -4.39. The molecule has 0 heterocycles. The third-order valence-electron chi connectivity index (χ3n) is 12.8. The van der Waals surface area contributed by atoms with E-state index in [9.17, 15) is 19.0 Å². The number of carbonyl (C=O) groups is 2. The topological polar surface area (TPSA) is 108 Å². The molecule has 0 amide bonds. The fourth-order valence-corrected chi connectivity index (χ4v) is 8.91. The molecule has 0 rings (SSSR count). The van der Waals surface area contributed by atoms with Crippen LogP contribution in [0.1, 0.15) is 251 Å². The van der Waals surface area contributed by atoms with Crippen LogP contribution in [0.5, 0.6) is 0 Å². The number of esters is 2. The first kappa shape index (κ1) is 71.9. The molecule has 0 spiro atoms. The average Bonchev–Trinajstić information content (AvgIpc) is 3.37. The van der Waals surface area contributed by atoms with E-state index in [-0.39, 0.29) is 32.0 Å². The molecule has 0 saturated carbocycles. The molecule has 0 aromatic heterocycles. The number of allylic oxidation sites excluding steroid dienone is 16. The van der Waals surface area contributed by atoms with Crippen molar-refractivity contribution in [1.82, 2.24) is 0 Å². The summed E-state index contributed by atoms with van der Waals surface area (Å²) in [6.07, 6.45) is 76.2. The number of hydrogen-bond donors (Lipinski definition) is 1. The van der Waals surface area contributed by atoms with Crippen LogP contribution in [0.2, 0.25) is 0 Å². The molecular weight excluding hydrogens is 954 g/mol. The largest absolute Gasteiger partial charge is 0.472 e. The highest BCUT2D eigenvalue weighted by molar-refractivity contribution is 7.47. The second kappa shape index (κ2) is 55.7. The van der Waals surface area contributed by atoms with E-state index in [1.165, 1.54) is 116 Å². The number of rotatable bonds is 55. The lowest BCUT2D eigenvalue weighted by Gasteiger charge is -2.24. The molecule has 1 N–H and O–H groups in total. The molecule has 0 fully saturated rings. The van der Waals surface area contributed by atoms with Crippen molar-refractivity contribution >= 4 is 19.8 Å². The second-order valence-electron chi connectivity index (χ2n) is 21.4. The van der Waals surface area contributed by atoms with Crippen molar-refractivity contribution in [2.75, 3.05) is 47.5 Å². The fraction of sp³-hybridized carbons (Fsp3) is 0.723. The fourth-order valence-electron chi connectivity index (χ4n) is 8.17. The first-order valence-corrected chi connectivity index (χ1v) is 32.0. The van der Waals surface area contributed by atoms with E-state index in [1.807, 2.05) is 21.1 Å². The summed E-state index contributed by atoms with van der Waals surface area (Å²) in [6.45, 7) is 4.32. The van der Waals surface area contributed by atoms with Gasteiger partial charge in [0, 0.05) is 12.8 Å². The Morgan fingerprint density at radius 2 is 0.760 bits per heavy atom. The quantitative estimate of drug-likeness (QED) is 0.0211. The Balaban J connectivity index is 4.14. The van der Waals surface area contributed by atoms with Gasteiger partial charge >= 0.3 is 19.8 Å². The highest BCUT2D eigenvalue weighted by Crippen LogP contribution is 2.43. The standard InChI is InChI=1S/C65H114NO8P/c1-6-8-10-12-14-16-18-20-22-24-26-27-28-29-30-31-32-33-34-35-36-37-38-39-40-42-44-46-48-50-52-54-56-58-65(68)74-63(62-73-75(69,70)72-60-59-66(3,4)5)61-71-64(67)57-55-53-51-49-47-45-43-41-25-23-21-19-17-15-13-11-9-7-2/h8,10,14,16,20,22-23,25-27,29-30,32-33,35-36,63H,6-7,9,11-13,15,17-19,21,24,28,31,34,37-62H2,1-5H3/p+1/b10-8-,16-14-,22-20-,25-23-,27-26-,30-29-,33-32-,36-35-. The molecule has 0 aromatic carbocycles. The van der Waals surface area contributed by atoms with E-state index in [1.54, 1.807) is 0 Å². The van der Waals surface area contributed by atoms with Gasteiger partial charge in [-0.2, -0.15) is 0 Å². The van der Waals surface area contributed by atoms with E-state index in [0.29, 0.717) is 17.4 Å². The van der Waals surface area contributed by atoms with Gasteiger partial charge in [0.25, 0.3) is 0 Å². The van der Waals surface area contributed by atoms with E-state index in [2.05, 4.69) is 111 Å². The summed E-state index contributed by atoms with van der Waals surface area (Å²) in [6, 6.07) is 0. The van der Waals surface area contributed by atoms with Crippen LogP contribution in [0, 0.1) is 0 Å². The first-order chi connectivity index (χ1) is 36.5. The summed E-state index contributed by atoms with van der Waals surface area (Å²) in [5.41, 5.74) is 0. The highest BCUT2D eigenvalue weighted by atomic mass is 31.2. The predicted octanol–water partition coefficient (Wildman–Crippen LogP) is 19.2. The minimum Gasteiger partial charge on any atom is -0.462 e. The summed E-state index contributed by atoms with van der Waals surface area (Å²) >= 11 is 0. The molecule has 75 heavy (non-hydrogen) atoms. The first-order valence-electron chi connectivity index (χ1n) is 30.5. The molecule has 0 radical (unpaired) electrons. The van der Waals surface area contributed by atoms with Gasteiger partial charge in [0.05, 0.1) is 27.7 Å². The molecule has 0 aliphatic carbocycles. The number of unbranched alkanes of at least 4 members (excludes halogenated alkanes) is 25. The Labute approximate surface area is 462 Å². The maximum atomic E-state index is 12.8. The molecule has 0 saturated heterocycles. The summed E-state index contributed by atoms with van der Waals surface area (Å²) in [7, 11) is 1.47. The number of phosphoric ester groups is 1. The molecular formula is C65H115NO8P+. The van der Waals surface area contributed by atoms with Crippen molar-refractivity contribution in [2.45, 2.75) is 258 Å². The van der Waals surface area contributed by atoms with Gasteiger partial charge in [-0.05, 0) is 96.3 Å². The number of quaternary nitrogens is 1. The van der Waals surface area contributed by atoms with Crippen LogP contribution < -0.4 is 0 Å². The van der Waals surface area contributed by atoms with Crippen LogP contribution in [0.4, 0.5) is 0 Å². The van der Waals surface area contributed by atoms with Crippen molar-refractivity contribution in [1.29, 1.82) is 0 Å². The van der Waals surface area contributed by atoms with Crippen LogP contribution in [-0.2, 0) is 32.7 Å². The summed E-state index contributed by atoms with van der Waals surface area (Å²) in [4.78, 5) is 35.7. The third-order valence-corrected chi connectivity index (χ3v) is 13.8. The monoisotopic (exact) mass is 1070 g/mol. The van der Waals surface area contributed by atoms with E-state index >= 15 is 0 Å². The van der Waals surface area contributed by atoms with Gasteiger partial charge < -0.3 is 18.9 Å². The van der Waals surface area contributed by atoms with Crippen LogP contribution in [-0.4, -0.2) is 74.9 Å². The van der Waals surface area contributed by atoms with Crippen molar-refractivity contribution in [3.63, 3.8) is 0 Å². The van der Waals surface area contributed by atoms with Gasteiger partial charge in [-0.1, -0.05) is 239 Å². The normalized spacial score (nSPS) is 13.9. The molecule has 0 aliphatic rings. The molecule has 0 bridgehead atoms. The van der Waals surface area contributed by atoms with Crippen molar-refractivity contribution in [3.05, 3.63) is 97.2 Å². The van der Waals surface area contributed by atoms with Crippen molar-refractivity contribution in [2.24, 2.45) is 0 Å². The highest BCUT2D eigenvalue weighted by Gasteiger charge is 2.27. The number of ether oxygens (including phenoxy) is 2. The van der Waals surface area contributed by atoms with Crippen LogP contribution in [0.3, 0.4) is 0 Å². The number of carbonyl (C=O) groups excluding carboxylic acids is 2. The predicted molar refractivity (Wildman–Crippen MR) is 321 cm³/mol. The lowest BCUT2D eigenvalue weighted by molar-refractivity contribution is -0.870. The molecule has 0 aromatic rings. The molecule has 2 atom stereocenters. The smallest absolute Gasteiger partial charge is 0.462 e. The molecule has 432 valence electrons. The number of hydrogen-bond acceptors (Lipinski definition) is 7. The van der Waals surface area contributed by atoms with Crippen LogP contribution in [0.25, 0.3) is 0 Å². The van der Waals surface area contributed by atoms with Crippen LogP contribution >= 0.6 is 7.82 Å². The van der Waals surface area contributed by atoms with Gasteiger partial charge in [-0.15, -0.1) is 0 Å². The van der Waals surface area contributed by atoms with Gasteiger partial charge in [0.1, 0.15) is 19.8 Å². The Kier molecular flexibility index (Phi) is 53.4. The number of likely N-dealkylation sites (N-methyl/N-ethyl adjacent to an activating group) is 1. The van der Waals surface area contributed by atoms with Gasteiger partial charge in [-0.3, -0.25) is 18.6 Å². The van der Waals surface area contributed by atoms with Gasteiger partial charge in [-0.25, -0.2) is 4.57 Å². The van der Waals surface area contributed by atoms with Crippen molar-refractivity contribution in [3.8, 4) is 0 Å². The minimum absolute atomic E-state index is 0.0270. The van der Waals surface area contributed by atoms with Gasteiger partial charge in [0.2, 0.25) is 0 Å². The zero-order chi connectivity index (χ0) is 54.9. The number of phosphoric acid groups is 1. The van der Waals surface area contributed by atoms with Gasteiger partial charge in [0.15, 0.2) is 6.10 Å². The Morgan fingerprint density at radius 1 is 0.427 bits per heavy atom. The zero-order valence-electron chi connectivity index (χ0n) is 49.0. The lowest BCUT2D eigenvalue weighted by Crippen LogP contribution is -2.37.